The van der Waals surface area contributed by atoms with Crippen LogP contribution in [0.1, 0.15) is 12.0 Å². The Hall–Kier alpha value is -0.970. The van der Waals surface area contributed by atoms with Crippen LogP contribution in [-0.4, -0.2) is 32.7 Å². The number of hydrogen-bond donors (Lipinski definition) is 1. The van der Waals surface area contributed by atoms with Crippen molar-refractivity contribution in [1.29, 1.82) is 0 Å². The summed E-state index contributed by atoms with van der Waals surface area (Å²) in [4.78, 5) is 8.19. The van der Waals surface area contributed by atoms with Crippen LogP contribution in [0.2, 0.25) is 0 Å². The van der Waals surface area contributed by atoms with Crippen molar-refractivity contribution in [3.05, 3.63) is 18.0 Å². The van der Waals surface area contributed by atoms with Crippen molar-refractivity contribution in [2.75, 3.05) is 23.9 Å². The topological polar surface area (TPSA) is 54.9 Å². The van der Waals surface area contributed by atoms with E-state index in [-0.39, 0.29) is 0 Å². The van der Waals surface area contributed by atoms with Crippen LogP contribution in [0.4, 0.5) is 5.95 Å². The van der Waals surface area contributed by atoms with Gasteiger partial charge in [0, 0.05) is 41.7 Å². The Kier molecular flexibility index (Phi) is 4.52. The lowest BCUT2D eigenvalue weighted by Crippen LogP contribution is -2.08. The first-order valence-electron chi connectivity index (χ1n) is 4.51. The maximum Gasteiger partial charge on any atom is 0.222 e. The van der Waals surface area contributed by atoms with Crippen molar-refractivity contribution in [2.24, 2.45) is 0 Å². The zero-order valence-electron chi connectivity index (χ0n) is 8.49. The minimum absolute atomic E-state index is 0.637. The standard InChI is InChI=1S/C9H15N3OS/c1-8-6-11-9(12-7-8)10-4-3-5-14(2)13/h6-7H,3-5H2,1-2H3,(H,10,11,12). The van der Waals surface area contributed by atoms with Crippen LogP contribution in [0, 0.1) is 6.92 Å². The van der Waals surface area contributed by atoms with Crippen molar-refractivity contribution >= 4 is 16.7 Å². The molecule has 1 N–H and O–H groups in total. The second kappa shape index (κ2) is 5.70. The maximum absolute atomic E-state index is 10.8. The predicted octanol–water partition coefficient (Wildman–Crippen LogP) is 0.966. The summed E-state index contributed by atoms with van der Waals surface area (Å²) in [6.07, 6.45) is 6.13. The highest BCUT2D eigenvalue weighted by Crippen LogP contribution is 1.98. The van der Waals surface area contributed by atoms with Crippen LogP contribution in [0.3, 0.4) is 0 Å². The van der Waals surface area contributed by atoms with E-state index in [1.54, 1.807) is 18.6 Å². The van der Waals surface area contributed by atoms with Crippen molar-refractivity contribution in [2.45, 2.75) is 13.3 Å². The highest BCUT2D eigenvalue weighted by molar-refractivity contribution is 7.84. The van der Waals surface area contributed by atoms with Gasteiger partial charge in [-0.15, -0.1) is 0 Å². The van der Waals surface area contributed by atoms with Crippen molar-refractivity contribution < 1.29 is 4.21 Å². The van der Waals surface area contributed by atoms with Crippen LogP contribution >= 0.6 is 0 Å². The van der Waals surface area contributed by atoms with Crippen LogP contribution < -0.4 is 5.32 Å². The van der Waals surface area contributed by atoms with Gasteiger partial charge in [0.2, 0.25) is 5.95 Å². The van der Waals surface area contributed by atoms with E-state index in [0.717, 1.165) is 24.3 Å². The van der Waals surface area contributed by atoms with E-state index < -0.39 is 10.8 Å². The fourth-order valence-electron chi connectivity index (χ4n) is 0.959. The Morgan fingerprint density at radius 2 is 2.07 bits per heavy atom. The van der Waals surface area contributed by atoms with Gasteiger partial charge in [-0.3, -0.25) is 4.21 Å². The van der Waals surface area contributed by atoms with E-state index in [1.165, 1.54) is 0 Å². The summed E-state index contributed by atoms with van der Waals surface area (Å²) in [5.74, 6) is 1.36. The van der Waals surface area contributed by atoms with Crippen LogP contribution in [-0.2, 0) is 10.8 Å². The maximum atomic E-state index is 10.8. The molecule has 0 fully saturated rings. The summed E-state index contributed by atoms with van der Waals surface area (Å²) in [6, 6.07) is 0. The third-order valence-electron chi connectivity index (χ3n) is 1.67. The Balaban J connectivity index is 2.25. The molecule has 1 atom stereocenters. The van der Waals surface area contributed by atoms with Gasteiger partial charge in [-0.1, -0.05) is 0 Å². The molecule has 0 saturated heterocycles. The molecule has 0 saturated carbocycles. The molecule has 1 aromatic rings. The number of hydrogen-bond acceptors (Lipinski definition) is 4. The molecule has 0 aliphatic carbocycles. The summed E-state index contributed by atoms with van der Waals surface area (Å²) in [5.41, 5.74) is 1.05. The molecular formula is C9H15N3OS. The third kappa shape index (κ3) is 4.32. The highest BCUT2D eigenvalue weighted by atomic mass is 32.2. The predicted molar refractivity (Wildman–Crippen MR) is 58.8 cm³/mol. The molecule has 0 aliphatic heterocycles. The van der Waals surface area contributed by atoms with E-state index in [9.17, 15) is 4.21 Å². The van der Waals surface area contributed by atoms with Crippen molar-refractivity contribution in [1.82, 2.24) is 9.97 Å². The minimum Gasteiger partial charge on any atom is -0.354 e. The molecule has 78 valence electrons. The van der Waals surface area contributed by atoms with Gasteiger partial charge in [0.1, 0.15) is 0 Å². The highest BCUT2D eigenvalue weighted by Gasteiger charge is 1.95. The van der Waals surface area contributed by atoms with E-state index in [1.807, 2.05) is 6.92 Å². The van der Waals surface area contributed by atoms with Gasteiger partial charge in [0.15, 0.2) is 0 Å². The lowest BCUT2D eigenvalue weighted by molar-refractivity contribution is 0.685. The van der Waals surface area contributed by atoms with Gasteiger partial charge in [0.25, 0.3) is 0 Å². The molecule has 0 amide bonds. The van der Waals surface area contributed by atoms with Gasteiger partial charge in [-0.25, -0.2) is 9.97 Å². The fourth-order valence-corrected chi connectivity index (χ4v) is 1.51. The lowest BCUT2D eigenvalue weighted by Gasteiger charge is -2.03. The summed E-state index contributed by atoms with van der Waals surface area (Å²) < 4.78 is 10.8. The second-order valence-corrected chi connectivity index (χ2v) is 4.70. The first kappa shape index (κ1) is 11.1. The molecule has 1 rings (SSSR count). The summed E-state index contributed by atoms with van der Waals surface area (Å²) in [6.45, 7) is 2.71. The van der Waals surface area contributed by atoms with E-state index >= 15 is 0 Å². The average molecular weight is 213 g/mol. The molecule has 4 nitrogen and oxygen atoms in total. The average Bonchev–Trinajstić information content (AvgIpc) is 2.15. The Labute approximate surface area is 86.6 Å². The van der Waals surface area contributed by atoms with Crippen molar-refractivity contribution in [3.8, 4) is 0 Å². The number of nitrogens with zero attached hydrogens (tertiary/aromatic N) is 2. The Bertz CT molecular complexity index is 299. The number of aromatic nitrogens is 2. The number of aryl methyl sites for hydroxylation is 1. The van der Waals surface area contributed by atoms with Gasteiger partial charge in [-0.05, 0) is 18.9 Å². The molecule has 1 unspecified atom stereocenters. The molecule has 1 heterocycles. The number of rotatable bonds is 5. The normalized spacial score (nSPS) is 12.4. The molecule has 0 aliphatic rings. The first-order chi connectivity index (χ1) is 6.68. The monoisotopic (exact) mass is 213 g/mol. The molecule has 0 aromatic carbocycles. The lowest BCUT2D eigenvalue weighted by atomic mass is 10.4. The molecule has 0 radical (unpaired) electrons. The first-order valence-corrected chi connectivity index (χ1v) is 6.24. The van der Waals surface area contributed by atoms with Gasteiger partial charge in [-0.2, -0.15) is 0 Å². The Morgan fingerprint density at radius 1 is 1.43 bits per heavy atom. The number of anilines is 1. The number of nitrogens with one attached hydrogen (secondary N) is 1. The summed E-state index contributed by atoms with van der Waals surface area (Å²) in [7, 11) is -0.708. The minimum atomic E-state index is -0.708. The van der Waals surface area contributed by atoms with Gasteiger partial charge < -0.3 is 5.32 Å². The quantitative estimate of drug-likeness (QED) is 0.740. The third-order valence-corrected chi connectivity index (χ3v) is 2.54. The van der Waals surface area contributed by atoms with Gasteiger partial charge in [0.05, 0.1) is 0 Å². The zero-order valence-corrected chi connectivity index (χ0v) is 9.30. The molecular weight excluding hydrogens is 198 g/mol. The SMILES string of the molecule is Cc1cnc(NCCCS(C)=O)nc1. The molecule has 14 heavy (non-hydrogen) atoms. The largest absolute Gasteiger partial charge is 0.354 e. The summed E-state index contributed by atoms with van der Waals surface area (Å²) >= 11 is 0. The molecule has 0 spiro atoms. The Morgan fingerprint density at radius 3 is 2.64 bits per heavy atom. The zero-order chi connectivity index (χ0) is 10.4. The molecule has 1 aromatic heterocycles. The smallest absolute Gasteiger partial charge is 0.222 e. The molecule has 0 bridgehead atoms. The molecule has 5 heteroatoms. The van der Waals surface area contributed by atoms with Crippen molar-refractivity contribution in [3.63, 3.8) is 0 Å². The van der Waals surface area contributed by atoms with E-state index in [2.05, 4.69) is 15.3 Å². The fraction of sp³-hybridized carbons (Fsp3) is 0.556. The summed E-state index contributed by atoms with van der Waals surface area (Å²) in [5, 5.41) is 3.07. The van der Waals surface area contributed by atoms with Gasteiger partial charge >= 0.3 is 0 Å². The van der Waals surface area contributed by atoms with E-state index in [0.29, 0.717) is 5.95 Å². The van der Waals surface area contributed by atoms with Crippen LogP contribution in [0.5, 0.6) is 0 Å². The van der Waals surface area contributed by atoms with Crippen LogP contribution in [0.15, 0.2) is 12.4 Å². The van der Waals surface area contributed by atoms with E-state index in [4.69, 9.17) is 0 Å². The van der Waals surface area contributed by atoms with Crippen LogP contribution in [0.25, 0.3) is 0 Å². The second-order valence-electron chi connectivity index (χ2n) is 3.14.